The van der Waals surface area contributed by atoms with E-state index in [4.69, 9.17) is 4.74 Å². The number of ketones is 1. The second-order valence-electron chi connectivity index (χ2n) is 5.35. The Morgan fingerprint density at radius 3 is 2.27 bits per heavy atom. The quantitative estimate of drug-likeness (QED) is 0.863. The lowest BCUT2D eigenvalue weighted by molar-refractivity contribution is 0.0949. The molecule has 0 heterocycles. The van der Waals surface area contributed by atoms with Crippen LogP contribution in [0.3, 0.4) is 0 Å². The van der Waals surface area contributed by atoms with Crippen molar-refractivity contribution in [2.24, 2.45) is 0 Å². The molecule has 0 aromatic heterocycles. The first-order valence-electron chi connectivity index (χ1n) is 7.27. The minimum Gasteiger partial charge on any atom is -0.496 e. The Morgan fingerprint density at radius 1 is 1.00 bits per heavy atom. The van der Waals surface area contributed by atoms with Crippen LogP contribution in [0.1, 0.15) is 39.1 Å². The van der Waals surface area contributed by atoms with Gasteiger partial charge in [-0.1, -0.05) is 24.3 Å². The maximum absolute atomic E-state index is 12.5. The normalized spacial score (nSPS) is 13.5. The van der Waals surface area contributed by atoms with Crippen molar-refractivity contribution in [2.75, 3.05) is 7.11 Å². The summed E-state index contributed by atoms with van der Waals surface area (Å²) in [5.41, 5.74) is 1.62. The molecule has 1 aliphatic carbocycles. The van der Waals surface area contributed by atoms with Crippen molar-refractivity contribution >= 4 is 11.7 Å². The minimum atomic E-state index is -0.119. The van der Waals surface area contributed by atoms with E-state index in [1.807, 2.05) is 6.07 Å². The molecule has 2 aromatic carbocycles. The third-order valence-electron chi connectivity index (χ3n) is 3.67. The molecular weight excluding hydrogens is 278 g/mol. The van der Waals surface area contributed by atoms with Gasteiger partial charge in [0.15, 0.2) is 5.78 Å². The van der Waals surface area contributed by atoms with Crippen molar-refractivity contribution < 1.29 is 14.3 Å². The molecule has 4 heteroatoms. The molecule has 0 bridgehead atoms. The molecule has 0 spiro atoms. The Balaban J connectivity index is 1.79. The van der Waals surface area contributed by atoms with E-state index in [0.717, 1.165) is 12.8 Å². The van der Waals surface area contributed by atoms with Crippen molar-refractivity contribution in [1.82, 2.24) is 5.32 Å². The number of nitrogens with one attached hydrogen (secondary N) is 1. The Labute approximate surface area is 129 Å². The highest BCUT2D eigenvalue weighted by Crippen LogP contribution is 2.22. The summed E-state index contributed by atoms with van der Waals surface area (Å²) in [6, 6.07) is 14.1. The maximum Gasteiger partial charge on any atom is 0.251 e. The van der Waals surface area contributed by atoms with Crippen molar-refractivity contribution in [2.45, 2.75) is 18.9 Å². The SMILES string of the molecule is COc1ccccc1C(=O)c1ccc(C(=O)NC2CC2)cc1. The van der Waals surface area contributed by atoms with E-state index in [1.165, 1.54) is 7.11 Å². The number of benzene rings is 2. The fourth-order valence-corrected chi connectivity index (χ4v) is 2.26. The van der Waals surface area contributed by atoms with Gasteiger partial charge in [0.2, 0.25) is 0 Å². The van der Waals surface area contributed by atoms with Crippen LogP contribution in [0.2, 0.25) is 0 Å². The zero-order valence-corrected chi connectivity index (χ0v) is 12.3. The van der Waals surface area contributed by atoms with Crippen LogP contribution >= 0.6 is 0 Å². The average molecular weight is 295 g/mol. The number of rotatable bonds is 5. The van der Waals surface area contributed by atoms with Crippen molar-refractivity contribution in [1.29, 1.82) is 0 Å². The largest absolute Gasteiger partial charge is 0.496 e. The van der Waals surface area contributed by atoms with E-state index in [0.29, 0.717) is 28.5 Å². The molecule has 1 amide bonds. The Kier molecular flexibility index (Phi) is 3.92. The monoisotopic (exact) mass is 295 g/mol. The third-order valence-corrected chi connectivity index (χ3v) is 3.67. The van der Waals surface area contributed by atoms with E-state index in [-0.39, 0.29) is 11.7 Å². The second kappa shape index (κ2) is 6.02. The molecule has 3 rings (SSSR count). The van der Waals surface area contributed by atoms with Gasteiger partial charge in [0, 0.05) is 17.2 Å². The fraction of sp³-hybridized carbons (Fsp3) is 0.222. The first-order valence-corrected chi connectivity index (χ1v) is 7.27. The Bertz CT molecular complexity index is 703. The van der Waals surface area contributed by atoms with Gasteiger partial charge in [-0.3, -0.25) is 9.59 Å². The molecule has 112 valence electrons. The number of carbonyl (C=O) groups is 2. The van der Waals surface area contributed by atoms with Gasteiger partial charge in [-0.15, -0.1) is 0 Å². The number of methoxy groups -OCH3 is 1. The molecule has 2 aromatic rings. The topological polar surface area (TPSA) is 55.4 Å². The molecule has 0 aliphatic heterocycles. The highest BCUT2D eigenvalue weighted by Gasteiger charge is 2.23. The van der Waals surface area contributed by atoms with Gasteiger partial charge in [-0.25, -0.2) is 0 Å². The molecule has 1 aliphatic rings. The second-order valence-corrected chi connectivity index (χ2v) is 5.35. The average Bonchev–Trinajstić information content (AvgIpc) is 3.38. The first kappa shape index (κ1) is 14.3. The first-order chi connectivity index (χ1) is 10.7. The van der Waals surface area contributed by atoms with Gasteiger partial charge in [-0.05, 0) is 37.1 Å². The summed E-state index contributed by atoms with van der Waals surface area (Å²) in [6.45, 7) is 0. The summed E-state index contributed by atoms with van der Waals surface area (Å²) in [5, 5.41) is 2.92. The molecule has 0 saturated heterocycles. The fourth-order valence-electron chi connectivity index (χ4n) is 2.26. The summed E-state index contributed by atoms with van der Waals surface area (Å²) in [5.74, 6) is 0.341. The van der Waals surface area contributed by atoms with Crippen LogP contribution in [-0.2, 0) is 0 Å². The molecule has 1 N–H and O–H groups in total. The van der Waals surface area contributed by atoms with E-state index >= 15 is 0 Å². The van der Waals surface area contributed by atoms with Gasteiger partial charge >= 0.3 is 0 Å². The maximum atomic E-state index is 12.5. The minimum absolute atomic E-state index is 0.0845. The van der Waals surface area contributed by atoms with Crippen LogP contribution in [-0.4, -0.2) is 24.8 Å². The summed E-state index contributed by atoms with van der Waals surface area (Å²) >= 11 is 0. The van der Waals surface area contributed by atoms with E-state index in [2.05, 4.69) is 5.32 Å². The van der Waals surface area contributed by atoms with Gasteiger partial charge in [0.05, 0.1) is 12.7 Å². The molecule has 0 radical (unpaired) electrons. The molecule has 1 fully saturated rings. The summed E-state index contributed by atoms with van der Waals surface area (Å²) in [6.07, 6.45) is 2.10. The predicted molar refractivity (Wildman–Crippen MR) is 83.4 cm³/mol. The summed E-state index contributed by atoms with van der Waals surface area (Å²) < 4.78 is 5.22. The van der Waals surface area contributed by atoms with Crippen LogP contribution in [0.25, 0.3) is 0 Å². The van der Waals surface area contributed by atoms with Crippen LogP contribution in [0, 0.1) is 0 Å². The smallest absolute Gasteiger partial charge is 0.251 e. The van der Waals surface area contributed by atoms with Gasteiger partial charge in [-0.2, -0.15) is 0 Å². The molecule has 4 nitrogen and oxygen atoms in total. The highest BCUT2D eigenvalue weighted by atomic mass is 16.5. The number of carbonyl (C=O) groups excluding carboxylic acids is 2. The van der Waals surface area contributed by atoms with E-state index in [1.54, 1.807) is 42.5 Å². The third kappa shape index (κ3) is 3.01. The lowest BCUT2D eigenvalue weighted by Crippen LogP contribution is -2.25. The predicted octanol–water partition coefficient (Wildman–Crippen LogP) is 2.82. The van der Waals surface area contributed by atoms with Crippen molar-refractivity contribution in [3.63, 3.8) is 0 Å². The number of hydrogen-bond donors (Lipinski definition) is 1. The van der Waals surface area contributed by atoms with Crippen LogP contribution in [0.4, 0.5) is 0 Å². The van der Waals surface area contributed by atoms with Gasteiger partial charge in [0.1, 0.15) is 5.75 Å². The number of ether oxygens (including phenoxy) is 1. The molecular formula is C18H17NO3. The highest BCUT2D eigenvalue weighted by molar-refractivity contribution is 6.11. The van der Waals surface area contributed by atoms with E-state index < -0.39 is 0 Å². The lowest BCUT2D eigenvalue weighted by Gasteiger charge is -2.08. The Hall–Kier alpha value is -2.62. The van der Waals surface area contributed by atoms with Crippen LogP contribution < -0.4 is 10.1 Å². The van der Waals surface area contributed by atoms with Gasteiger partial charge in [0.25, 0.3) is 5.91 Å². The van der Waals surface area contributed by atoms with Crippen molar-refractivity contribution in [3.8, 4) is 5.75 Å². The zero-order chi connectivity index (χ0) is 15.5. The Morgan fingerprint density at radius 2 is 1.64 bits per heavy atom. The number of amides is 1. The molecule has 0 unspecified atom stereocenters. The van der Waals surface area contributed by atoms with E-state index in [9.17, 15) is 9.59 Å². The van der Waals surface area contributed by atoms with Gasteiger partial charge < -0.3 is 10.1 Å². The number of hydrogen-bond acceptors (Lipinski definition) is 3. The van der Waals surface area contributed by atoms with Crippen LogP contribution in [0.5, 0.6) is 5.75 Å². The molecule has 1 saturated carbocycles. The van der Waals surface area contributed by atoms with Crippen molar-refractivity contribution in [3.05, 3.63) is 65.2 Å². The lowest BCUT2D eigenvalue weighted by atomic mass is 10.0. The summed E-state index contributed by atoms with van der Waals surface area (Å²) in [7, 11) is 1.54. The standard InChI is InChI=1S/C18H17NO3/c1-22-16-5-3-2-4-15(16)17(20)12-6-8-13(9-7-12)18(21)19-14-10-11-14/h2-9,14H,10-11H2,1H3,(H,19,21). The molecule has 22 heavy (non-hydrogen) atoms. The summed E-state index contributed by atoms with van der Waals surface area (Å²) in [4.78, 5) is 24.4. The van der Waals surface area contributed by atoms with Crippen LogP contribution in [0.15, 0.2) is 48.5 Å². The molecule has 0 atom stereocenters. The zero-order valence-electron chi connectivity index (χ0n) is 12.3. The number of para-hydroxylation sites is 1.